The van der Waals surface area contributed by atoms with E-state index in [2.05, 4.69) is 16.9 Å². The largest absolute Gasteiger partial charge is 0.469 e. The van der Waals surface area contributed by atoms with Crippen molar-refractivity contribution in [2.45, 2.75) is 39.0 Å². The number of aryl methyl sites for hydroxylation is 2. The lowest BCUT2D eigenvalue weighted by Gasteiger charge is -2.29. The fourth-order valence-corrected chi connectivity index (χ4v) is 2.67. The molecule has 1 amide bonds. The van der Waals surface area contributed by atoms with Crippen molar-refractivity contribution >= 4 is 17.6 Å². The number of carbonyl (C=O) groups is 2. The Hall–Kier alpha value is -1.84. The van der Waals surface area contributed by atoms with E-state index in [1.165, 1.54) is 18.2 Å². The SMILES string of the molecule is COC(=O)CCCc1ccc2c(c1)CCCN2C(C)=O. The van der Waals surface area contributed by atoms with Crippen LogP contribution in [0.1, 0.15) is 37.3 Å². The normalized spacial score (nSPS) is 13.8. The topological polar surface area (TPSA) is 46.6 Å². The van der Waals surface area contributed by atoms with Gasteiger partial charge in [0, 0.05) is 25.6 Å². The van der Waals surface area contributed by atoms with Crippen LogP contribution >= 0.6 is 0 Å². The standard InChI is InChI=1S/C16H21NO3/c1-12(18)17-10-4-6-14-11-13(8-9-15(14)17)5-3-7-16(19)20-2/h8-9,11H,3-7,10H2,1-2H3. The minimum atomic E-state index is -0.161. The van der Waals surface area contributed by atoms with E-state index in [0.717, 1.165) is 37.9 Å². The molecule has 0 aliphatic carbocycles. The number of hydrogen-bond donors (Lipinski definition) is 0. The number of benzene rings is 1. The first kappa shape index (κ1) is 14.6. The van der Waals surface area contributed by atoms with Crippen LogP contribution in [0.5, 0.6) is 0 Å². The van der Waals surface area contributed by atoms with E-state index in [-0.39, 0.29) is 11.9 Å². The second kappa shape index (κ2) is 6.55. The number of rotatable bonds is 4. The van der Waals surface area contributed by atoms with Crippen LogP contribution in [0.4, 0.5) is 5.69 Å². The molecule has 0 N–H and O–H groups in total. The molecule has 1 aromatic carbocycles. The Bertz CT molecular complexity index is 510. The summed E-state index contributed by atoms with van der Waals surface area (Å²) in [6.45, 7) is 2.42. The minimum Gasteiger partial charge on any atom is -0.469 e. The summed E-state index contributed by atoms with van der Waals surface area (Å²) in [4.78, 5) is 24.5. The lowest BCUT2D eigenvalue weighted by atomic mass is 9.97. The highest BCUT2D eigenvalue weighted by atomic mass is 16.5. The predicted molar refractivity (Wildman–Crippen MR) is 77.7 cm³/mol. The third kappa shape index (κ3) is 3.38. The number of carbonyl (C=O) groups excluding carboxylic acids is 2. The van der Waals surface area contributed by atoms with Crippen molar-refractivity contribution in [3.8, 4) is 0 Å². The molecule has 20 heavy (non-hydrogen) atoms. The smallest absolute Gasteiger partial charge is 0.305 e. The molecule has 1 heterocycles. The van der Waals surface area contributed by atoms with Crippen molar-refractivity contribution in [2.75, 3.05) is 18.6 Å². The van der Waals surface area contributed by atoms with Crippen LogP contribution in [0.25, 0.3) is 0 Å². The molecule has 0 atom stereocenters. The van der Waals surface area contributed by atoms with Gasteiger partial charge in [0.05, 0.1) is 7.11 Å². The van der Waals surface area contributed by atoms with Crippen LogP contribution in [0.3, 0.4) is 0 Å². The van der Waals surface area contributed by atoms with Crippen molar-refractivity contribution in [3.05, 3.63) is 29.3 Å². The summed E-state index contributed by atoms with van der Waals surface area (Å²) < 4.78 is 4.64. The van der Waals surface area contributed by atoms with Gasteiger partial charge in [-0.3, -0.25) is 9.59 Å². The first-order valence-corrected chi connectivity index (χ1v) is 7.08. The van der Waals surface area contributed by atoms with Gasteiger partial charge in [-0.15, -0.1) is 0 Å². The van der Waals surface area contributed by atoms with Crippen molar-refractivity contribution in [2.24, 2.45) is 0 Å². The molecular formula is C16H21NO3. The molecule has 0 saturated carbocycles. The van der Waals surface area contributed by atoms with Gasteiger partial charge in [-0.2, -0.15) is 0 Å². The second-order valence-electron chi connectivity index (χ2n) is 5.17. The molecule has 0 fully saturated rings. The van der Waals surface area contributed by atoms with Crippen LogP contribution in [0.2, 0.25) is 0 Å². The van der Waals surface area contributed by atoms with Gasteiger partial charge in [-0.1, -0.05) is 12.1 Å². The zero-order valence-corrected chi connectivity index (χ0v) is 12.1. The highest BCUT2D eigenvalue weighted by molar-refractivity contribution is 5.92. The third-order valence-corrected chi connectivity index (χ3v) is 3.72. The van der Waals surface area contributed by atoms with Crippen molar-refractivity contribution in [1.29, 1.82) is 0 Å². The van der Waals surface area contributed by atoms with Crippen LogP contribution in [-0.4, -0.2) is 25.5 Å². The van der Waals surface area contributed by atoms with Gasteiger partial charge in [0.1, 0.15) is 0 Å². The van der Waals surface area contributed by atoms with E-state index in [1.54, 1.807) is 6.92 Å². The van der Waals surface area contributed by atoms with Gasteiger partial charge in [-0.25, -0.2) is 0 Å². The molecule has 4 heteroatoms. The Morgan fingerprint density at radius 3 is 2.85 bits per heavy atom. The molecule has 0 radical (unpaired) electrons. The summed E-state index contributed by atoms with van der Waals surface area (Å²) in [7, 11) is 1.41. The van der Waals surface area contributed by atoms with Crippen molar-refractivity contribution in [3.63, 3.8) is 0 Å². The molecule has 0 spiro atoms. The third-order valence-electron chi connectivity index (χ3n) is 3.72. The Morgan fingerprint density at radius 2 is 2.15 bits per heavy atom. The summed E-state index contributed by atoms with van der Waals surface area (Å²) in [5, 5.41) is 0. The Morgan fingerprint density at radius 1 is 1.35 bits per heavy atom. The van der Waals surface area contributed by atoms with Crippen LogP contribution < -0.4 is 4.90 Å². The van der Waals surface area contributed by atoms with Gasteiger partial charge in [-0.05, 0) is 42.9 Å². The van der Waals surface area contributed by atoms with Crippen molar-refractivity contribution < 1.29 is 14.3 Å². The number of amides is 1. The minimum absolute atomic E-state index is 0.101. The van der Waals surface area contributed by atoms with Gasteiger partial charge in [0.25, 0.3) is 0 Å². The second-order valence-corrected chi connectivity index (χ2v) is 5.17. The fourth-order valence-electron chi connectivity index (χ4n) is 2.67. The lowest BCUT2D eigenvalue weighted by Crippen LogP contribution is -2.33. The summed E-state index contributed by atoms with van der Waals surface area (Å²) in [6, 6.07) is 6.25. The zero-order chi connectivity index (χ0) is 14.5. The number of esters is 1. The summed E-state index contributed by atoms with van der Waals surface area (Å²) in [5.41, 5.74) is 3.50. The molecule has 0 unspecified atom stereocenters. The molecule has 1 aliphatic rings. The van der Waals surface area contributed by atoms with Gasteiger partial charge in [0.15, 0.2) is 0 Å². The average molecular weight is 275 g/mol. The predicted octanol–water partition coefficient (Wildman–Crippen LogP) is 2.48. The average Bonchev–Trinajstić information content (AvgIpc) is 2.46. The molecule has 0 bridgehead atoms. The van der Waals surface area contributed by atoms with E-state index < -0.39 is 0 Å². The van der Waals surface area contributed by atoms with E-state index in [9.17, 15) is 9.59 Å². The lowest BCUT2D eigenvalue weighted by molar-refractivity contribution is -0.140. The Kier molecular flexibility index (Phi) is 4.77. The molecule has 4 nitrogen and oxygen atoms in total. The molecule has 0 saturated heterocycles. The van der Waals surface area contributed by atoms with E-state index >= 15 is 0 Å². The summed E-state index contributed by atoms with van der Waals surface area (Å²) in [6.07, 6.45) is 4.14. The van der Waals surface area contributed by atoms with Gasteiger partial charge < -0.3 is 9.64 Å². The maximum absolute atomic E-state index is 11.6. The number of methoxy groups -OCH3 is 1. The molecular weight excluding hydrogens is 254 g/mol. The first-order valence-electron chi connectivity index (χ1n) is 7.08. The maximum Gasteiger partial charge on any atom is 0.305 e. The van der Waals surface area contributed by atoms with E-state index in [4.69, 9.17) is 0 Å². The van der Waals surface area contributed by atoms with Crippen LogP contribution in [-0.2, 0) is 27.2 Å². The Labute approximate surface area is 119 Å². The zero-order valence-electron chi connectivity index (χ0n) is 12.1. The fraction of sp³-hybridized carbons (Fsp3) is 0.500. The van der Waals surface area contributed by atoms with Crippen LogP contribution in [0.15, 0.2) is 18.2 Å². The quantitative estimate of drug-likeness (QED) is 0.793. The molecule has 108 valence electrons. The number of nitrogens with zero attached hydrogens (tertiary/aromatic N) is 1. The van der Waals surface area contributed by atoms with E-state index in [0.29, 0.717) is 6.42 Å². The van der Waals surface area contributed by atoms with Crippen LogP contribution in [0, 0.1) is 0 Å². The number of ether oxygens (including phenoxy) is 1. The molecule has 2 rings (SSSR count). The highest BCUT2D eigenvalue weighted by Crippen LogP contribution is 2.28. The summed E-state index contributed by atoms with van der Waals surface area (Å²) >= 11 is 0. The van der Waals surface area contributed by atoms with E-state index in [1.807, 2.05) is 11.0 Å². The monoisotopic (exact) mass is 275 g/mol. The number of hydrogen-bond acceptors (Lipinski definition) is 3. The first-order chi connectivity index (χ1) is 9.61. The Balaban J connectivity index is 2.04. The highest BCUT2D eigenvalue weighted by Gasteiger charge is 2.19. The molecule has 1 aromatic rings. The van der Waals surface area contributed by atoms with Crippen molar-refractivity contribution in [1.82, 2.24) is 0 Å². The summed E-state index contributed by atoms with van der Waals surface area (Å²) in [5.74, 6) is -0.0601. The maximum atomic E-state index is 11.6. The van der Waals surface area contributed by atoms with Gasteiger partial charge in [0.2, 0.25) is 5.91 Å². The molecule has 0 aromatic heterocycles. The number of anilines is 1. The van der Waals surface area contributed by atoms with Gasteiger partial charge >= 0.3 is 5.97 Å². The molecule has 1 aliphatic heterocycles. The number of fused-ring (bicyclic) bond motifs is 1.